The smallest absolute Gasteiger partial charge is 0.270 e. The fraction of sp³-hybridized carbons (Fsp3) is 0.118. The van der Waals surface area contributed by atoms with E-state index >= 15 is 0 Å². The van der Waals surface area contributed by atoms with Gasteiger partial charge in [0.1, 0.15) is 5.75 Å². The van der Waals surface area contributed by atoms with Gasteiger partial charge >= 0.3 is 0 Å². The number of nitro benzene ring substituents is 1. The molecule has 1 aliphatic heterocycles. The van der Waals surface area contributed by atoms with E-state index in [4.69, 9.17) is 4.74 Å². The van der Waals surface area contributed by atoms with Crippen molar-refractivity contribution in [2.75, 3.05) is 13.2 Å². The van der Waals surface area contributed by atoms with Gasteiger partial charge in [-0.2, -0.15) is 0 Å². The zero-order chi connectivity index (χ0) is 18.0. The van der Waals surface area contributed by atoms with Crippen LogP contribution in [0, 0.1) is 10.1 Å². The lowest BCUT2D eigenvalue weighted by molar-refractivity contribution is -0.384. The van der Waals surface area contributed by atoms with Crippen molar-refractivity contribution in [2.24, 2.45) is 0 Å². The van der Waals surface area contributed by atoms with Crippen molar-refractivity contribution in [3.63, 3.8) is 0 Å². The summed E-state index contributed by atoms with van der Waals surface area (Å²) in [5.74, 6) is -1.60. The molecule has 0 saturated carbocycles. The van der Waals surface area contributed by atoms with E-state index in [2.05, 4.69) is 0 Å². The van der Waals surface area contributed by atoms with Crippen LogP contribution in [0.1, 0.15) is 20.7 Å². The number of ketones is 1. The number of fused-ring (bicyclic) bond motifs is 1. The molecule has 0 aromatic heterocycles. The van der Waals surface area contributed by atoms with Crippen LogP contribution < -0.4 is 4.74 Å². The number of amides is 2. The van der Waals surface area contributed by atoms with E-state index in [-0.39, 0.29) is 29.2 Å². The second kappa shape index (κ2) is 6.52. The molecule has 0 N–H and O–H groups in total. The zero-order valence-corrected chi connectivity index (χ0v) is 12.9. The number of benzene rings is 2. The van der Waals surface area contributed by atoms with Gasteiger partial charge in [-0.25, -0.2) is 0 Å². The van der Waals surface area contributed by atoms with Gasteiger partial charge in [-0.1, -0.05) is 24.3 Å². The Bertz CT molecular complexity index is 892. The molecule has 0 unspecified atom stereocenters. The number of Topliss-reactive ketones (excluding diaryl/α,β-unsaturated/α-hetero) is 1. The topological polar surface area (TPSA) is 107 Å². The highest BCUT2D eigenvalue weighted by atomic mass is 16.6. The minimum atomic E-state index is -0.653. The molecule has 25 heavy (non-hydrogen) atoms. The van der Waals surface area contributed by atoms with E-state index in [1.54, 1.807) is 18.2 Å². The van der Waals surface area contributed by atoms with Crippen LogP contribution in [0.15, 0.2) is 48.5 Å². The average molecular weight is 340 g/mol. The third kappa shape index (κ3) is 3.23. The predicted molar refractivity (Wildman–Crippen MR) is 85.4 cm³/mol. The first-order chi connectivity index (χ1) is 12.0. The molecule has 0 aliphatic carbocycles. The lowest BCUT2D eigenvalue weighted by Crippen LogP contribution is -2.41. The molecule has 2 aromatic carbocycles. The Kier molecular flexibility index (Phi) is 4.25. The van der Waals surface area contributed by atoms with Crippen molar-refractivity contribution in [3.8, 4) is 5.75 Å². The van der Waals surface area contributed by atoms with E-state index in [9.17, 15) is 24.5 Å². The number of para-hydroxylation sites is 1. The first-order valence-electron chi connectivity index (χ1n) is 7.31. The number of rotatable bonds is 4. The van der Waals surface area contributed by atoms with Crippen LogP contribution in [0.5, 0.6) is 5.75 Å². The van der Waals surface area contributed by atoms with Gasteiger partial charge in [0, 0.05) is 17.7 Å². The van der Waals surface area contributed by atoms with Gasteiger partial charge in [-0.3, -0.25) is 29.4 Å². The fourth-order valence-corrected chi connectivity index (χ4v) is 2.43. The lowest BCUT2D eigenvalue weighted by Gasteiger charge is -2.17. The molecule has 0 spiro atoms. The van der Waals surface area contributed by atoms with Crippen LogP contribution in [0.2, 0.25) is 0 Å². The second-order valence-corrected chi connectivity index (χ2v) is 5.30. The summed E-state index contributed by atoms with van der Waals surface area (Å²) >= 11 is 0. The van der Waals surface area contributed by atoms with E-state index in [1.807, 2.05) is 0 Å². The number of carbonyl (C=O) groups excluding carboxylic acids is 3. The molecule has 2 aromatic rings. The predicted octanol–water partition coefficient (Wildman–Crippen LogP) is 1.84. The SMILES string of the molecule is O=C(CN1C(=O)COc2ccccc2C1=O)c1cccc([N+](=O)[O-])c1. The van der Waals surface area contributed by atoms with E-state index in [0.29, 0.717) is 0 Å². The molecule has 0 atom stereocenters. The Morgan fingerprint density at radius 2 is 1.92 bits per heavy atom. The highest BCUT2D eigenvalue weighted by Gasteiger charge is 2.31. The number of carbonyl (C=O) groups is 3. The Balaban J connectivity index is 1.87. The highest BCUT2D eigenvalue weighted by Crippen LogP contribution is 2.23. The van der Waals surface area contributed by atoms with Gasteiger partial charge in [0.05, 0.1) is 17.0 Å². The maximum Gasteiger partial charge on any atom is 0.270 e. The molecule has 8 nitrogen and oxygen atoms in total. The molecule has 0 fully saturated rings. The van der Waals surface area contributed by atoms with Crippen molar-refractivity contribution in [3.05, 3.63) is 69.8 Å². The number of ether oxygens (including phenoxy) is 1. The Hall–Kier alpha value is -3.55. The van der Waals surface area contributed by atoms with Gasteiger partial charge in [0.25, 0.3) is 17.5 Å². The summed E-state index contributed by atoms with van der Waals surface area (Å²) in [6, 6.07) is 11.5. The first kappa shape index (κ1) is 16.3. The maximum absolute atomic E-state index is 12.6. The molecule has 0 saturated heterocycles. The van der Waals surface area contributed by atoms with Crippen LogP contribution in [-0.2, 0) is 4.79 Å². The third-order valence-electron chi connectivity index (χ3n) is 3.70. The van der Waals surface area contributed by atoms with Crippen LogP contribution in [0.4, 0.5) is 5.69 Å². The van der Waals surface area contributed by atoms with Crippen LogP contribution in [-0.4, -0.2) is 40.6 Å². The van der Waals surface area contributed by atoms with Crippen molar-refractivity contribution in [2.45, 2.75) is 0 Å². The second-order valence-electron chi connectivity index (χ2n) is 5.30. The Morgan fingerprint density at radius 3 is 2.68 bits per heavy atom. The molecule has 2 amide bonds. The standard InChI is InChI=1S/C17H12N2O6/c20-14(11-4-3-5-12(8-11)19(23)24)9-18-16(21)10-25-15-7-2-1-6-13(15)17(18)22/h1-8H,9-10H2. The molecule has 126 valence electrons. The first-order valence-corrected chi connectivity index (χ1v) is 7.31. The number of nitrogens with zero attached hydrogens (tertiary/aromatic N) is 2. The Labute approximate surface area is 141 Å². The molecule has 0 radical (unpaired) electrons. The number of imide groups is 1. The normalized spacial score (nSPS) is 13.7. The summed E-state index contributed by atoms with van der Waals surface area (Å²) < 4.78 is 5.29. The molecule has 1 aliphatic rings. The van der Waals surface area contributed by atoms with Gasteiger partial charge < -0.3 is 4.74 Å². The summed E-state index contributed by atoms with van der Waals surface area (Å²) in [5.41, 5.74) is -0.0125. The molecule has 8 heteroatoms. The summed E-state index contributed by atoms with van der Waals surface area (Å²) in [6.45, 7) is -0.887. The molecule has 1 heterocycles. The van der Waals surface area contributed by atoms with Gasteiger partial charge in [0.15, 0.2) is 12.4 Å². The summed E-state index contributed by atoms with van der Waals surface area (Å²) in [4.78, 5) is 48.1. The van der Waals surface area contributed by atoms with Crippen LogP contribution >= 0.6 is 0 Å². The summed E-state index contributed by atoms with van der Waals surface area (Å²) in [5, 5.41) is 10.8. The van der Waals surface area contributed by atoms with Crippen LogP contribution in [0.25, 0.3) is 0 Å². The maximum atomic E-state index is 12.6. The van der Waals surface area contributed by atoms with Crippen molar-refractivity contribution in [1.82, 2.24) is 4.90 Å². The van der Waals surface area contributed by atoms with Gasteiger partial charge in [-0.05, 0) is 12.1 Å². The van der Waals surface area contributed by atoms with Gasteiger partial charge in [-0.15, -0.1) is 0 Å². The number of hydrogen-bond acceptors (Lipinski definition) is 6. The molecule has 3 rings (SSSR count). The van der Waals surface area contributed by atoms with Crippen molar-refractivity contribution < 1.29 is 24.0 Å². The molecular weight excluding hydrogens is 328 g/mol. The number of hydrogen-bond donors (Lipinski definition) is 0. The zero-order valence-electron chi connectivity index (χ0n) is 12.9. The van der Waals surface area contributed by atoms with E-state index < -0.39 is 29.1 Å². The van der Waals surface area contributed by atoms with E-state index in [1.165, 1.54) is 24.3 Å². The summed E-state index contributed by atoms with van der Waals surface area (Å²) in [6.07, 6.45) is 0. The van der Waals surface area contributed by atoms with Crippen molar-refractivity contribution in [1.29, 1.82) is 0 Å². The van der Waals surface area contributed by atoms with Crippen LogP contribution in [0.3, 0.4) is 0 Å². The third-order valence-corrected chi connectivity index (χ3v) is 3.70. The minimum absolute atomic E-state index is 0.0493. The number of nitro groups is 1. The largest absolute Gasteiger partial charge is 0.483 e. The summed E-state index contributed by atoms with van der Waals surface area (Å²) in [7, 11) is 0. The monoisotopic (exact) mass is 340 g/mol. The van der Waals surface area contributed by atoms with E-state index in [0.717, 1.165) is 11.0 Å². The minimum Gasteiger partial charge on any atom is -0.483 e. The highest BCUT2D eigenvalue weighted by molar-refractivity contribution is 6.11. The molecular formula is C17H12N2O6. The lowest BCUT2D eigenvalue weighted by atomic mass is 10.1. The van der Waals surface area contributed by atoms with Gasteiger partial charge in [0.2, 0.25) is 0 Å². The number of non-ortho nitro benzene ring substituents is 1. The Morgan fingerprint density at radius 1 is 1.16 bits per heavy atom. The fourth-order valence-electron chi connectivity index (χ4n) is 2.43. The quantitative estimate of drug-likeness (QED) is 0.364. The molecule has 0 bridgehead atoms. The average Bonchev–Trinajstić information content (AvgIpc) is 2.74. The van der Waals surface area contributed by atoms with Crippen molar-refractivity contribution >= 4 is 23.3 Å².